The van der Waals surface area contributed by atoms with Gasteiger partial charge in [0, 0.05) is 13.0 Å². The number of nitrogens with two attached hydrogens (primary N) is 1. The maximum atomic E-state index is 11.6. The van der Waals surface area contributed by atoms with Gasteiger partial charge in [0.1, 0.15) is 0 Å². The van der Waals surface area contributed by atoms with Crippen LogP contribution in [0, 0.1) is 5.41 Å². The van der Waals surface area contributed by atoms with Gasteiger partial charge < -0.3 is 11.1 Å². The van der Waals surface area contributed by atoms with Crippen molar-refractivity contribution in [3.8, 4) is 0 Å². The Morgan fingerprint density at radius 2 is 1.76 bits per heavy atom. The number of hydrogen-bond donors (Lipinski definition) is 2. The molecule has 0 aromatic carbocycles. The van der Waals surface area contributed by atoms with Crippen LogP contribution in [-0.4, -0.2) is 19.0 Å². The Bertz CT molecular complexity index is 192. The molecule has 0 spiro atoms. The Kier molecular flexibility index (Phi) is 9.14. The van der Waals surface area contributed by atoms with Gasteiger partial charge >= 0.3 is 0 Å². The second kappa shape index (κ2) is 9.46. The molecule has 0 atom stereocenters. The number of amides is 1. The van der Waals surface area contributed by atoms with Crippen molar-refractivity contribution in [3.63, 3.8) is 0 Å². The van der Waals surface area contributed by atoms with E-state index in [0.717, 1.165) is 32.2 Å². The minimum absolute atomic E-state index is 0.0963. The van der Waals surface area contributed by atoms with Crippen LogP contribution in [0.25, 0.3) is 0 Å². The van der Waals surface area contributed by atoms with Crippen molar-refractivity contribution in [2.75, 3.05) is 13.1 Å². The minimum atomic E-state index is 0.0963. The highest BCUT2D eigenvalue weighted by Crippen LogP contribution is 2.23. The van der Waals surface area contributed by atoms with Crippen LogP contribution in [0.5, 0.6) is 0 Å². The van der Waals surface area contributed by atoms with Gasteiger partial charge in [0.15, 0.2) is 0 Å². The number of rotatable bonds is 10. The molecule has 0 aromatic heterocycles. The maximum Gasteiger partial charge on any atom is 0.220 e. The van der Waals surface area contributed by atoms with Crippen LogP contribution in [-0.2, 0) is 4.79 Å². The fraction of sp³-hybridized carbons (Fsp3) is 0.929. The van der Waals surface area contributed by atoms with Crippen molar-refractivity contribution in [1.29, 1.82) is 0 Å². The number of unbranched alkanes of at least 4 members (excludes halogenated alkanes) is 3. The summed E-state index contributed by atoms with van der Waals surface area (Å²) in [5.41, 5.74) is 5.90. The summed E-state index contributed by atoms with van der Waals surface area (Å²) < 4.78 is 0. The van der Waals surface area contributed by atoms with Gasteiger partial charge in [0.25, 0.3) is 0 Å². The molecule has 0 heterocycles. The molecule has 3 nitrogen and oxygen atoms in total. The quantitative estimate of drug-likeness (QED) is 0.579. The molecule has 0 saturated heterocycles. The first kappa shape index (κ1) is 16.4. The van der Waals surface area contributed by atoms with Crippen molar-refractivity contribution in [1.82, 2.24) is 5.32 Å². The first-order valence-electron chi connectivity index (χ1n) is 7.11. The Hall–Kier alpha value is -0.570. The maximum absolute atomic E-state index is 11.6. The molecule has 3 heteroatoms. The van der Waals surface area contributed by atoms with Crippen LogP contribution in [0.15, 0.2) is 0 Å². The fourth-order valence-corrected chi connectivity index (χ4v) is 1.95. The average Bonchev–Trinajstić information content (AvgIpc) is 2.37. The lowest BCUT2D eigenvalue weighted by Gasteiger charge is -2.30. The highest BCUT2D eigenvalue weighted by atomic mass is 16.1. The lowest BCUT2D eigenvalue weighted by molar-refractivity contribution is -0.121. The summed E-state index contributed by atoms with van der Waals surface area (Å²) in [6.45, 7) is 7.84. The summed E-state index contributed by atoms with van der Waals surface area (Å²) in [4.78, 5) is 11.6. The average molecular weight is 242 g/mol. The third-order valence-corrected chi connectivity index (χ3v) is 3.85. The van der Waals surface area contributed by atoms with Crippen LogP contribution in [0.1, 0.15) is 65.7 Å². The number of nitrogens with one attached hydrogen (secondary N) is 1. The molecule has 1 amide bonds. The fourth-order valence-electron chi connectivity index (χ4n) is 1.95. The van der Waals surface area contributed by atoms with Crippen LogP contribution < -0.4 is 11.1 Å². The molecule has 17 heavy (non-hydrogen) atoms. The molecule has 0 aliphatic carbocycles. The molecule has 0 aliphatic rings. The summed E-state index contributed by atoms with van der Waals surface area (Å²) in [5, 5.41) is 3.03. The van der Waals surface area contributed by atoms with Crippen LogP contribution >= 0.6 is 0 Å². The molecule has 0 unspecified atom stereocenters. The number of hydrogen-bond acceptors (Lipinski definition) is 2. The molecular weight excluding hydrogens is 212 g/mol. The van der Waals surface area contributed by atoms with Crippen molar-refractivity contribution >= 4 is 5.91 Å². The Labute approximate surface area is 107 Å². The normalized spacial score (nSPS) is 11.5. The molecule has 0 bridgehead atoms. The first-order valence-corrected chi connectivity index (χ1v) is 7.11. The zero-order valence-corrected chi connectivity index (χ0v) is 11.8. The van der Waals surface area contributed by atoms with Gasteiger partial charge in [0.05, 0.1) is 0 Å². The van der Waals surface area contributed by atoms with E-state index in [-0.39, 0.29) is 11.3 Å². The van der Waals surface area contributed by atoms with E-state index in [0.29, 0.717) is 13.0 Å². The summed E-state index contributed by atoms with van der Waals surface area (Å²) in [5.74, 6) is 0.181. The highest BCUT2D eigenvalue weighted by molar-refractivity contribution is 5.75. The second-order valence-electron chi connectivity index (χ2n) is 5.00. The second-order valence-corrected chi connectivity index (χ2v) is 5.00. The summed E-state index contributed by atoms with van der Waals surface area (Å²) in [6, 6.07) is 0. The van der Waals surface area contributed by atoms with Gasteiger partial charge in [0.2, 0.25) is 5.91 Å². The van der Waals surface area contributed by atoms with E-state index in [1.165, 1.54) is 12.8 Å². The lowest BCUT2D eigenvalue weighted by Crippen LogP contribution is -2.41. The van der Waals surface area contributed by atoms with Gasteiger partial charge in [-0.25, -0.2) is 0 Å². The Balaban J connectivity index is 3.81. The summed E-state index contributed by atoms with van der Waals surface area (Å²) in [6.07, 6.45) is 7.31. The molecule has 0 fully saturated rings. The topological polar surface area (TPSA) is 55.1 Å². The van der Waals surface area contributed by atoms with Gasteiger partial charge in [-0.15, -0.1) is 0 Å². The molecule has 3 N–H and O–H groups in total. The summed E-state index contributed by atoms with van der Waals surface area (Å²) >= 11 is 0. The van der Waals surface area contributed by atoms with Crippen LogP contribution in [0.3, 0.4) is 0 Å². The third kappa shape index (κ3) is 6.67. The predicted octanol–water partition coefficient (Wildman–Crippen LogP) is 2.84. The van der Waals surface area contributed by atoms with Gasteiger partial charge in [-0.05, 0) is 31.2 Å². The minimum Gasteiger partial charge on any atom is -0.355 e. The lowest BCUT2D eigenvalue weighted by atomic mass is 9.82. The van der Waals surface area contributed by atoms with E-state index in [9.17, 15) is 4.79 Å². The van der Waals surface area contributed by atoms with E-state index < -0.39 is 0 Å². The largest absolute Gasteiger partial charge is 0.355 e. The third-order valence-electron chi connectivity index (χ3n) is 3.85. The van der Waals surface area contributed by atoms with Crippen molar-refractivity contribution < 1.29 is 4.79 Å². The van der Waals surface area contributed by atoms with Gasteiger partial charge in [-0.3, -0.25) is 4.79 Å². The predicted molar refractivity (Wildman–Crippen MR) is 73.8 cm³/mol. The zero-order valence-electron chi connectivity index (χ0n) is 11.8. The molecule has 0 radical (unpaired) electrons. The van der Waals surface area contributed by atoms with E-state index in [4.69, 9.17) is 5.73 Å². The highest BCUT2D eigenvalue weighted by Gasteiger charge is 2.24. The SMILES string of the molecule is CCCCCCC(=O)NCC(CC)(CC)CN. The summed E-state index contributed by atoms with van der Waals surface area (Å²) in [7, 11) is 0. The van der Waals surface area contributed by atoms with Crippen molar-refractivity contribution in [2.45, 2.75) is 65.7 Å². The van der Waals surface area contributed by atoms with E-state index >= 15 is 0 Å². The molecule has 0 aromatic rings. The monoisotopic (exact) mass is 242 g/mol. The number of carbonyl (C=O) groups is 1. The van der Waals surface area contributed by atoms with Crippen LogP contribution in [0.4, 0.5) is 0 Å². The van der Waals surface area contributed by atoms with E-state index in [1.807, 2.05) is 0 Å². The molecular formula is C14H30N2O. The van der Waals surface area contributed by atoms with Gasteiger partial charge in [-0.2, -0.15) is 0 Å². The first-order chi connectivity index (χ1) is 8.14. The molecule has 0 saturated carbocycles. The van der Waals surface area contributed by atoms with Crippen LogP contribution in [0.2, 0.25) is 0 Å². The van der Waals surface area contributed by atoms with E-state index in [1.54, 1.807) is 0 Å². The Morgan fingerprint density at radius 1 is 1.12 bits per heavy atom. The van der Waals surface area contributed by atoms with Crippen molar-refractivity contribution in [2.24, 2.45) is 11.1 Å². The van der Waals surface area contributed by atoms with Gasteiger partial charge in [-0.1, -0.05) is 40.0 Å². The standard InChI is InChI=1S/C14H30N2O/c1-4-7-8-9-10-13(17)16-12-14(5-2,6-3)11-15/h4-12,15H2,1-3H3,(H,16,17). The molecule has 102 valence electrons. The Morgan fingerprint density at radius 3 is 2.24 bits per heavy atom. The smallest absolute Gasteiger partial charge is 0.220 e. The zero-order chi connectivity index (χ0) is 13.1. The van der Waals surface area contributed by atoms with Crippen molar-refractivity contribution in [3.05, 3.63) is 0 Å². The molecule has 0 rings (SSSR count). The number of carbonyl (C=O) groups excluding carboxylic acids is 1. The molecule has 0 aliphatic heterocycles. The van der Waals surface area contributed by atoms with E-state index in [2.05, 4.69) is 26.1 Å².